The van der Waals surface area contributed by atoms with Crippen molar-refractivity contribution >= 4 is 5.91 Å². The Kier molecular flexibility index (Phi) is 4.78. The summed E-state index contributed by atoms with van der Waals surface area (Å²) < 4.78 is 5.35. The quantitative estimate of drug-likeness (QED) is 0.807. The minimum atomic E-state index is 0.248. The second-order valence-corrected chi connectivity index (χ2v) is 6.96. The Morgan fingerprint density at radius 1 is 1.12 bits per heavy atom. The molecule has 1 aromatic heterocycles. The normalized spacial score (nSPS) is 18.5. The van der Waals surface area contributed by atoms with E-state index < -0.39 is 0 Å². The van der Waals surface area contributed by atoms with Crippen LogP contribution in [0.1, 0.15) is 42.5 Å². The number of aryl methyl sites for hydroxylation is 1. The molecule has 2 aliphatic rings. The van der Waals surface area contributed by atoms with Crippen molar-refractivity contribution in [2.24, 2.45) is 0 Å². The second kappa shape index (κ2) is 7.35. The van der Waals surface area contributed by atoms with Crippen LogP contribution in [0.2, 0.25) is 0 Å². The molecule has 2 aromatic rings. The molecule has 1 aromatic carbocycles. The van der Waals surface area contributed by atoms with Crippen LogP contribution < -0.4 is 0 Å². The lowest BCUT2D eigenvalue weighted by Gasteiger charge is -2.34. The maximum absolute atomic E-state index is 12.4. The summed E-state index contributed by atoms with van der Waals surface area (Å²) in [6, 6.07) is 10.2. The third-order valence-corrected chi connectivity index (χ3v) is 4.98. The Bertz CT molecular complexity index is 703. The standard InChI is InChI=1S/C19H24N4O2/c24-18(9-6-15-4-2-1-3-5-15)23-12-10-22(11-13-23)14-17-20-19(21-25-17)16-7-8-16/h1-5,16H,6-14H2. The van der Waals surface area contributed by atoms with E-state index in [0.717, 1.165) is 38.4 Å². The topological polar surface area (TPSA) is 62.5 Å². The highest BCUT2D eigenvalue weighted by Crippen LogP contribution is 2.38. The van der Waals surface area contributed by atoms with Crippen LogP contribution in [0.3, 0.4) is 0 Å². The average molecular weight is 340 g/mol. The van der Waals surface area contributed by atoms with Crippen LogP contribution >= 0.6 is 0 Å². The third kappa shape index (κ3) is 4.25. The number of piperazine rings is 1. The molecule has 0 bridgehead atoms. The molecule has 1 aliphatic carbocycles. The van der Waals surface area contributed by atoms with Crippen LogP contribution in [0.5, 0.6) is 0 Å². The smallest absolute Gasteiger partial charge is 0.240 e. The Morgan fingerprint density at radius 2 is 1.88 bits per heavy atom. The molecule has 4 rings (SSSR count). The highest BCUT2D eigenvalue weighted by atomic mass is 16.5. The first-order valence-corrected chi connectivity index (χ1v) is 9.14. The minimum Gasteiger partial charge on any atom is -0.340 e. The summed E-state index contributed by atoms with van der Waals surface area (Å²) in [6.45, 7) is 3.96. The van der Waals surface area contributed by atoms with Gasteiger partial charge in [-0.15, -0.1) is 0 Å². The number of hydrogen-bond acceptors (Lipinski definition) is 5. The molecular weight excluding hydrogens is 316 g/mol. The third-order valence-electron chi connectivity index (χ3n) is 4.98. The van der Waals surface area contributed by atoms with Crippen LogP contribution in [0.15, 0.2) is 34.9 Å². The number of carbonyl (C=O) groups excluding carboxylic acids is 1. The molecule has 1 aliphatic heterocycles. The summed E-state index contributed by atoms with van der Waals surface area (Å²) >= 11 is 0. The van der Waals surface area contributed by atoms with Crippen molar-refractivity contribution in [1.29, 1.82) is 0 Å². The Hall–Kier alpha value is -2.21. The van der Waals surface area contributed by atoms with Gasteiger partial charge in [0.15, 0.2) is 5.82 Å². The second-order valence-electron chi connectivity index (χ2n) is 6.96. The molecule has 0 N–H and O–H groups in total. The monoisotopic (exact) mass is 340 g/mol. The SMILES string of the molecule is O=C(CCc1ccccc1)N1CCN(Cc2nc(C3CC3)no2)CC1. The van der Waals surface area contributed by atoms with Gasteiger partial charge in [0.1, 0.15) is 0 Å². The number of nitrogens with zero attached hydrogens (tertiary/aromatic N) is 4. The number of aromatic nitrogens is 2. The Balaban J connectivity index is 1.21. The van der Waals surface area contributed by atoms with Crippen LogP contribution in [0, 0.1) is 0 Å². The molecule has 2 fully saturated rings. The Morgan fingerprint density at radius 3 is 2.60 bits per heavy atom. The van der Waals surface area contributed by atoms with E-state index in [-0.39, 0.29) is 5.91 Å². The summed E-state index contributed by atoms with van der Waals surface area (Å²) in [5.74, 6) is 2.34. The zero-order chi connectivity index (χ0) is 17.1. The molecule has 25 heavy (non-hydrogen) atoms. The zero-order valence-corrected chi connectivity index (χ0v) is 14.4. The van der Waals surface area contributed by atoms with Gasteiger partial charge in [-0.2, -0.15) is 4.98 Å². The number of amides is 1. The molecule has 6 nitrogen and oxygen atoms in total. The summed E-state index contributed by atoms with van der Waals surface area (Å²) in [7, 11) is 0. The number of carbonyl (C=O) groups is 1. The average Bonchev–Trinajstić information content (AvgIpc) is 3.41. The van der Waals surface area contributed by atoms with Crippen molar-refractivity contribution < 1.29 is 9.32 Å². The van der Waals surface area contributed by atoms with Crippen molar-refractivity contribution in [3.05, 3.63) is 47.6 Å². The molecule has 132 valence electrons. The van der Waals surface area contributed by atoms with E-state index in [9.17, 15) is 4.79 Å². The largest absolute Gasteiger partial charge is 0.340 e. The molecule has 1 saturated carbocycles. The maximum Gasteiger partial charge on any atom is 0.240 e. The van der Waals surface area contributed by atoms with Gasteiger partial charge < -0.3 is 9.42 Å². The lowest BCUT2D eigenvalue weighted by molar-refractivity contribution is -0.133. The van der Waals surface area contributed by atoms with Crippen LogP contribution in [0.25, 0.3) is 0 Å². The molecule has 2 heterocycles. The van der Waals surface area contributed by atoms with Crippen molar-refractivity contribution in [2.75, 3.05) is 26.2 Å². The fraction of sp³-hybridized carbons (Fsp3) is 0.526. The highest BCUT2D eigenvalue weighted by Gasteiger charge is 2.29. The summed E-state index contributed by atoms with van der Waals surface area (Å²) in [5.41, 5.74) is 1.22. The summed E-state index contributed by atoms with van der Waals surface area (Å²) in [4.78, 5) is 21.1. The predicted octanol–water partition coefficient (Wildman–Crippen LogP) is 2.22. The molecule has 6 heteroatoms. The molecular formula is C19H24N4O2. The zero-order valence-electron chi connectivity index (χ0n) is 14.4. The molecule has 0 atom stereocenters. The van der Waals surface area contributed by atoms with E-state index >= 15 is 0 Å². The van der Waals surface area contributed by atoms with Crippen molar-refractivity contribution in [3.8, 4) is 0 Å². The number of benzene rings is 1. The molecule has 0 radical (unpaired) electrons. The van der Waals surface area contributed by atoms with Crippen LogP contribution in [-0.4, -0.2) is 52.0 Å². The van der Waals surface area contributed by atoms with Gasteiger partial charge in [-0.25, -0.2) is 0 Å². The van der Waals surface area contributed by atoms with Gasteiger partial charge in [-0.05, 0) is 24.8 Å². The minimum absolute atomic E-state index is 0.248. The number of rotatable bonds is 6. The van der Waals surface area contributed by atoms with Crippen molar-refractivity contribution in [2.45, 2.75) is 38.1 Å². The van der Waals surface area contributed by atoms with Gasteiger partial charge in [0.05, 0.1) is 6.54 Å². The molecule has 0 spiro atoms. The van der Waals surface area contributed by atoms with Crippen LogP contribution in [0.4, 0.5) is 0 Å². The van der Waals surface area contributed by atoms with Crippen LogP contribution in [-0.2, 0) is 17.8 Å². The lowest BCUT2D eigenvalue weighted by atomic mass is 10.1. The number of hydrogen-bond donors (Lipinski definition) is 0. The van der Waals surface area contributed by atoms with E-state index in [4.69, 9.17) is 4.52 Å². The molecule has 0 unspecified atom stereocenters. The van der Waals surface area contributed by atoms with Crippen molar-refractivity contribution in [1.82, 2.24) is 19.9 Å². The van der Waals surface area contributed by atoms with E-state index in [1.807, 2.05) is 23.1 Å². The van der Waals surface area contributed by atoms with E-state index in [2.05, 4.69) is 27.2 Å². The maximum atomic E-state index is 12.4. The van der Waals surface area contributed by atoms with Gasteiger partial charge in [0.25, 0.3) is 0 Å². The van der Waals surface area contributed by atoms with E-state index in [1.165, 1.54) is 18.4 Å². The highest BCUT2D eigenvalue weighted by molar-refractivity contribution is 5.76. The fourth-order valence-electron chi connectivity index (χ4n) is 3.24. The summed E-state index contributed by atoms with van der Waals surface area (Å²) in [6.07, 6.45) is 3.76. The summed E-state index contributed by atoms with van der Waals surface area (Å²) in [5, 5.41) is 4.06. The first-order chi connectivity index (χ1) is 12.3. The molecule has 1 saturated heterocycles. The van der Waals surface area contributed by atoms with Gasteiger partial charge in [-0.3, -0.25) is 9.69 Å². The van der Waals surface area contributed by atoms with Gasteiger partial charge in [0.2, 0.25) is 11.8 Å². The first kappa shape index (κ1) is 16.3. The first-order valence-electron chi connectivity index (χ1n) is 9.14. The van der Waals surface area contributed by atoms with Crippen molar-refractivity contribution in [3.63, 3.8) is 0 Å². The van der Waals surface area contributed by atoms with E-state index in [0.29, 0.717) is 24.8 Å². The lowest BCUT2D eigenvalue weighted by Crippen LogP contribution is -2.48. The van der Waals surface area contributed by atoms with E-state index in [1.54, 1.807) is 0 Å². The van der Waals surface area contributed by atoms with Gasteiger partial charge in [0, 0.05) is 38.5 Å². The van der Waals surface area contributed by atoms with Gasteiger partial charge in [-0.1, -0.05) is 35.5 Å². The fourth-order valence-corrected chi connectivity index (χ4v) is 3.24. The van der Waals surface area contributed by atoms with Gasteiger partial charge >= 0.3 is 0 Å². The predicted molar refractivity (Wildman–Crippen MR) is 92.9 cm³/mol. The molecule has 1 amide bonds. The Labute approximate surface area is 147 Å².